The van der Waals surface area contributed by atoms with Crippen molar-refractivity contribution in [3.05, 3.63) is 83.9 Å². The number of amides is 3. The van der Waals surface area contributed by atoms with Crippen LogP contribution in [0.2, 0.25) is 0 Å². The summed E-state index contributed by atoms with van der Waals surface area (Å²) in [6.45, 7) is 0.489. The maximum absolute atomic E-state index is 12.7. The standard InChI is InChI=1S/C28H32N4O5/c29-24(16-19-8-11-22(33)12-9-19)28(36)31-14-4-5-15-37-25-13-10-21(20-6-2-1-3-7-20)17-23(25)27(35)32-18-26(30)34/h1-3,6-13,17,24,33H,4-5,14-16,18,29H2,(H2,30,34)(H,31,36)(H,32,35)/t24-/m0/s1. The molecule has 194 valence electrons. The number of rotatable bonds is 13. The molecule has 0 radical (unpaired) electrons. The van der Waals surface area contributed by atoms with E-state index in [4.69, 9.17) is 16.2 Å². The third-order valence-electron chi connectivity index (χ3n) is 5.61. The second-order valence-corrected chi connectivity index (χ2v) is 8.55. The summed E-state index contributed by atoms with van der Waals surface area (Å²) in [7, 11) is 0. The van der Waals surface area contributed by atoms with Crippen molar-refractivity contribution in [1.82, 2.24) is 10.6 Å². The molecule has 0 aromatic heterocycles. The molecule has 9 heteroatoms. The van der Waals surface area contributed by atoms with Crippen LogP contribution in [0.3, 0.4) is 0 Å². The molecule has 9 nitrogen and oxygen atoms in total. The maximum Gasteiger partial charge on any atom is 0.255 e. The van der Waals surface area contributed by atoms with Crippen molar-refractivity contribution < 1.29 is 24.2 Å². The number of nitrogens with one attached hydrogen (secondary N) is 2. The highest BCUT2D eigenvalue weighted by molar-refractivity contribution is 5.99. The molecule has 0 saturated heterocycles. The lowest BCUT2D eigenvalue weighted by atomic mass is 10.0. The van der Waals surface area contributed by atoms with E-state index in [0.717, 1.165) is 16.7 Å². The second-order valence-electron chi connectivity index (χ2n) is 8.55. The minimum absolute atomic E-state index is 0.162. The summed E-state index contributed by atoms with van der Waals surface area (Å²) >= 11 is 0. The fraction of sp³-hybridized carbons (Fsp3) is 0.250. The fourth-order valence-electron chi connectivity index (χ4n) is 3.64. The highest BCUT2D eigenvalue weighted by atomic mass is 16.5. The Bertz CT molecular complexity index is 1200. The van der Waals surface area contributed by atoms with E-state index in [-0.39, 0.29) is 18.2 Å². The molecule has 0 bridgehead atoms. The first-order valence-electron chi connectivity index (χ1n) is 12.0. The molecule has 0 aliphatic rings. The zero-order chi connectivity index (χ0) is 26.6. The van der Waals surface area contributed by atoms with Gasteiger partial charge in [-0.25, -0.2) is 0 Å². The van der Waals surface area contributed by atoms with Gasteiger partial charge in [-0.15, -0.1) is 0 Å². The van der Waals surface area contributed by atoms with Crippen molar-refractivity contribution in [2.24, 2.45) is 11.5 Å². The number of ether oxygens (including phenoxy) is 1. The van der Waals surface area contributed by atoms with Crippen molar-refractivity contribution in [3.63, 3.8) is 0 Å². The van der Waals surface area contributed by atoms with Gasteiger partial charge >= 0.3 is 0 Å². The summed E-state index contributed by atoms with van der Waals surface area (Å²) in [6.07, 6.45) is 1.66. The van der Waals surface area contributed by atoms with Crippen LogP contribution in [-0.4, -0.2) is 48.6 Å². The van der Waals surface area contributed by atoms with Crippen molar-refractivity contribution in [2.75, 3.05) is 19.7 Å². The Balaban J connectivity index is 1.49. The number of phenolic OH excluding ortho intramolecular Hbond substituents is 1. The Kier molecular flexibility index (Phi) is 10.0. The van der Waals surface area contributed by atoms with E-state index < -0.39 is 17.9 Å². The Hall–Kier alpha value is -4.37. The lowest BCUT2D eigenvalue weighted by Gasteiger charge is -2.14. The van der Waals surface area contributed by atoms with Gasteiger partial charge in [-0.05, 0) is 60.2 Å². The monoisotopic (exact) mass is 504 g/mol. The molecule has 0 heterocycles. The molecule has 0 saturated carbocycles. The number of primary amides is 1. The first-order valence-corrected chi connectivity index (χ1v) is 12.0. The molecule has 37 heavy (non-hydrogen) atoms. The third-order valence-corrected chi connectivity index (χ3v) is 5.61. The molecule has 7 N–H and O–H groups in total. The summed E-state index contributed by atoms with van der Waals surface area (Å²) in [5.41, 5.74) is 14.1. The number of aromatic hydroxyl groups is 1. The summed E-state index contributed by atoms with van der Waals surface area (Å²) in [5.74, 6) is -0.795. The number of benzene rings is 3. The number of carbonyl (C=O) groups is 3. The van der Waals surface area contributed by atoms with Crippen LogP contribution in [-0.2, 0) is 16.0 Å². The Morgan fingerprint density at radius 2 is 1.62 bits per heavy atom. The lowest BCUT2D eigenvalue weighted by Crippen LogP contribution is -2.42. The van der Waals surface area contributed by atoms with E-state index in [1.807, 2.05) is 36.4 Å². The molecular weight excluding hydrogens is 472 g/mol. The normalized spacial score (nSPS) is 11.4. The lowest BCUT2D eigenvalue weighted by molar-refractivity contribution is -0.122. The molecule has 0 unspecified atom stereocenters. The highest BCUT2D eigenvalue weighted by Crippen LogP contribution is 2.27. The molecular formula is C28H32N4O5. The maximum atomic E-state index is 12.7. The minimum atomic E-state index is -0.689. The summed E-state index contributed by atoms with van der Waals surface area (Å²) in [5, 5.41) is 14.7. The van der Waals surface area contributed by atoms with Gasteiger partial charge in [0, 0.05) is 6.54 Å². The predicted octanol–water partition coefficient (Wildman–Crippen LogP) is 2.12. The van der Waals surface area contributed by atoms with E-state index >= 15 is 0 Å². The van der Waals surface area contributed by atoms with Gasteiger partial charge in [0.05, 0.1) is 24.8 Å². The van der Waals surface area contributed by atoms with E-state index in [1.54, 1.807) is 36.4 Å². The van der Waals surface area contributed by atoms with Gasteiger partial charge in [0.2, 0.25) is 11.8 Å². The summed E-state index contributed by atoms with van der Waals surface area (Å²) in [6, 6.07) is 20.8. The minimum Gasteiger partial charge on any atom is -0.508 e. The molecule has 3 aromatic carbocycles. The average molecular weight is 505 g/mol. The smallest absolute Gasteiger partial charge is 0.255 e. The van der Waals surface area contributed by atoms with Crippen LogP contribution in [0, 0.1) is 0 Å². The molecule has 0 aliphatic carbocycles. The van der Waals surface area contributed by atoms with E-state index in [0.29, 0.717) is 43.7 Å². The number of carbonyl (C=O) groups excluding carboxylic acids is 3. The molecule has 0 fully saturated rings. The first-order chi connectivity index (χ1) is 17.8. The molecule has 3 aromatic rings. The topological polar surface area (TPSA) is 157 Å². The van der Waals surface area contributed by atoms with Crippen molar-refractivity contribution in [1.29, 1.82) is 0 Å². The van der Waals surface area contributed by atoms with Gasteiger partial charge in [-0.3, -0.25) is 14.4 Å². The van der Waals surface area contributed by atoms with Crippen LogP contribution in [0.25, 0.3) is 11.1 Å². The quantitative estimate of drug-likeness (QED) is 0.224. The molecule has 3 amide bonds. The molecule has 0 aliphatic heterocycles. The number of hydrogen-bond acceptors (Lipinski definition) is 6. The number of unbranched alkanes of at least 4 members (excludes halogenated alkanes) is 1. The van der Waals surface area contributed by atoms with Gasteiger partial charge in [0.15, 0.2) is 0 Å². The van der Waals surface area contributed by atoms with Gasteiger partial charge in [0.25, 0.3) is 5.91 Å². The molecule has 1 atom stereocenters. The Labute approximate surface area is 215 Å². The Morgan fingerprint density at radius 1 is 0.892 bits per heavy atom. The fourth-order valence-corrected chi connectivity index (χ4v) is 3.64. The van der Waals surface area contributed by atoms with Gasteiger partial charge in [-0.1, -0.05) is 48.5 Å². The van der Waals surface area contributed by atoms with Crippen molar-refractivity contribution >= 4 is 17.7 Å². The largest absolute Gasteiger partial charge is 0.508 e. The first kappa shape index (κ1) is 27.2. The van der Waals surface area contributed by atoms with Gasteiger partial charge < -0.3 is 31.9 Å². The number of hydrogen-bond donors (Lipinski definition) is 5. The number of nitrogens with two attached hydrogens (primary N) is 2. The predicted molar refractivity (Wildman–Crippen MR) is 141 cm³/mol. The van der Waals surface area contributed by atoms with Crippen LogP contribution < -0.4 is 26.8 Å². The van der Waals surface area contributed by atoms with E-state index in [1.165, 1.54) is 0 Å². The van der Waals surface area contributed by atoms with Gasteiger partial charge in [-0.2, -0.15) is 0 Å². The van der Waals surface area contributed by atoms with Crippen LogP contribution in [0.4, 0.5) is 0 Å². The molecule has 3 rings (SSSR count). The zero-order valence-electron chi connectivity index (χ0n) is 20.5. The second kappa shape index (κ2) is 13.6. The van der Waals surface area contributed by atoms with Crippen LogP contribution in [0.1, 0.15) is 28.8 Å². The van der Waals surface area contributed by atoms with E-state index in [2.05, 4.69) is 10.6 Å². The van der Waals surface area contributed by atoms with Crippen LogP contribution in [0.5, 0.6) is 11.5 Å². The van der Waals surface area contributed by atoms with Crippen LogP contribution >= 0.6 is 0 Å². The Morgan fingerprint density at radius 3 is 2.32 bits per heavy atom. The summed E-state index contributed by atoms with van der Waals surface area (Å²) in [4.78, 5) is 36.1. The van der Waals surface area contributed by atoms with E-state index in [9.17, 15) is 19.5 Å². The zero-order valence-corrected chi connectivity index (χ0v) is 20.5. The highest BCUT2D eigenvalue weighted by Gasteiger charge is 2.16. The summed E-state index contributed by atoms with van der Waals surface area (Å²) < 4.78 is 5.86. The molecule has 0 spiro atoms. The SMILES string of the molecule is NC(=O)CNC(=O)c1cc(-c2ccccc2)ccc1OCCCCNC(=O)[C@@H](N)Cc1ccc(O)cc1. The van der Waals surface area contributed by atoms with Gasteiger partial charge in [0.1, 0.15) is 11.5 Å². The van der Waals surface area contributed by atoms with Crippen molar-refractivity contribution in [2.45, 2.75) is 25.3 Å². The number of phenols is 1. The third kappa shape index (κ3) is 8.66. The average Bonchev–Trinajstić information content (AvgIpc) is 2.90. The van der Waals surface area contributed by atoms with Crippen LogP contribution in [0.15, 0.2) is 72.8 Å². The van der Waals surface area contributed by atoms with Crippen molar-refractivity contribution in [3.8, 4) is 22.6 Å².